The van der Waals surface area contributed by atoms with Crippen molar-refractivity contribution in [3.05, 3.63) is 29.3 Å². The molecule has 0 amide bonds. The molecule has 1 N–H and O–H groups in total. The predicted octanol–water partition coefficient (Wildman–Crippen LogP) is 2.90. The van der Waals surface area contributed by atoms with Crippen LogP contribution in [0.3, 0.4) is 0 Å². The lowest BCUT2D eigenvalue weighted by Crippen LogP contribution is -2.36. The van der Waals surface area contributed by atoms with Crippen molar-refractivity contribution in [3.63, 3.8) is 0 Å². The highest BCUT2D eigenvalue weighted by atomic mass is 16.3. The quantitative estimate of drug-likeness (QED) is 0.826. The Labute approximate surface area is 97.9 Å². The van der Waals surface area contributed by atoms with Crippen LogP contribution in [0.4, 0.5) is 5.69 Å². The first-order valence-electron chi connectivity index (χ1n) is 6.10. The van der Waals surface area contributed by atoms with Gasteiger partial charge in [0.15, 0.2) is 0 Å². The molecule has 16 heavy (non-hydrogen) atoms. The molecule has 0 radical (unpaired) electrons. The van der Waals surface area contributed by atoms with Crippen LogP contribution in [0.15, 0.2) is 18.2 Å². The van der Waals surface area contributed by atoms with Gasteiger partial charge in [0, 0.05) is 23.3 Å². The first-order valence-corrected chi connectivity index (χ1v) is 6.10. The van der Waals surface area contributed by atoms with Gasteiger partial charge in [-0.25, -0.2) is 0 Å². The van der Waals surface area contributed by atoms with Gasteiger partial charge < -0.3 is 10.0 Å². The summed E-state index contributed by atoms with van der Waals surface area (Å²) in [5.74, 6) is 0. The molecule has 2 nitrogen and oxygen atoms in total. The highest BCUT2D eigenvalue weighted by Crippen LogP contribution is 2.39. The third-order valence-corrected chi connectivity index (χ3v) is 3.41. The largest absolute Gasteiger partial charge is 0.389 e. The number of benzene rings is 1. The second kappa shape index (κ2) is 4.10. The van der Waals surface area contributed by atoms with E-state index in [2.05, 4.69) is 37.8 Å². The topological polar surface area (TPSA) is 23.5 Å². The zero-order valence-corrected chi connectivity index (χ0v) is 10.6. The van der Waals surface area contributed by atoms with Crippen molar-refractivity contribution < 1.29 is 5.11 Å². The van der Waals surface area contributed by atoms with Gasteiger partial charge in [-0.3, -0.25) is 0 Å². The Hall–Kier alpha value is -1.02. The molecule has 1 aliphatic heterocycles. The highest BCUT2D eigenvalue weighted by Gasteiger charge is 2.30. The fourth-order valence-electron chi connectivity index (χ4n) is 2.83. The zero-order valence-electron chi connectivity index (χ0n) is 10.6. The second-order valence-corrected chi connectivity index (χ2v) is 5.09. The van der Waals surface area contributed by atoms with Crippen molar-refractivity contribution in [2.45, 2.75) is 52.3 Å². The summed E-state index contributed by atoms with van der Waals surface area (Å²) in [5, 5.41) is 9.85. The Balaban J connectivity index is 2.53. The normalized spacial score (nSPS) is 21.4. The molecule has 1 aliphatic rings. The molecular weight excluding hydrogens is 198 g/mol. The fourth-order valence-corrected chi connectivity index (χ4v) is 2.83. The van der Waals surface area contributed by atoms with Gasteiger partial charge in [0.25, 0.3) is 0 Å². The first-order chi connectivity index (χ1) is 7.52. The fraction of sp³-hybridized carbons (Fsp3) is 0.571. The van der Waals surface area contributed by atoms with Gasteiger partial charge in [-0.1, -0.05) is 18.2 Å². The predicted molar refractivity (Wildman–Crippen MR) is 67.9 cm³/mol. The molecule has 2 atom stereocenters. The monoisotopic (exact) mass is 219 g/mol. The number of nitrogens with zero attached hydrogens (tertiary/aromatic N) is 1. The summed E-state index contributed by atoms with van der Waals surface area (Å²) in [5.41, 5.74) is 3.70. The van der Waals surface area contributed by atoms with Crippen molar-refractivity contribution in [1.82, 2.24) is 0 Å². The van der Waals surface area contributed by atoms with E-state index in [-0.39, 0.29) is 6.10 Å². The van der Waals surface area contributed by atoms with Crippen molar-refractivity contribution in [2.75, 3.05) is 4.90 Å². The van der Waals surface area contributed by atoms with Crippen molar-refractivity contribution >= 4 is 5.69 Å². The Morgan fingerprint density at radius 3 is 2.56 bits per heavy atom. The van der Waals surface area contributed by atoms with E-state index in [0.29, 0.717) is 12.1 Å². The van der Waals surface area contributed by atoms with Gasteiger partial charge in [-0.15, -0.1) is 0 Å². The second-order valence-electron chi connectivity index (χ2n) is 5.09. The van der Waals surface area contributed by atoms with Crippen LogP contribution >= 0.6 is 0 Å². The number of anilines is 1. The summed E-state index contributed by atoms with van der Waals surface area (Å²) in [4.78, 5) is 2.43. The molecule has 0 saturated heterocycles. The van der Waals surface area contributed by atoms with Crippen LogP contribution in [0.1, 0.15) is 44.9 Å². The SMILES string of the molecule is CC(O)c1cccc2c1N(C(C)C)C(C)C2. The maximum atomic E-state index is 9.85. The van der Waals surface area contributed by atoms with Crippen LogP contribution in [0, 0.1) is 0 Å². The Kier molecular flexibility index (Phi) is 2.94. The lowest BCUT2D eigenvalue weighted by Gasteiger charge is -2.31. The van der Waals surface area contributed by atoms with Gasteiger partial charge in [0.1, 0.15) is 0 Å². The number of hydrogen-bond acceptors (Lipinski definition) is 2. The molecule has 0 aromatic heterocycles. The minimum atomic E-state index is -0.388. The first kappa shape index (κ1) is 11.5. The van der Waals surface area contributed by atoms with Gasteiger partial charge in [0.2, 0.25) is 0 Å². The highest BCUT2D eigenvalue weighted by molar-refractivity contribution is 5.65. The number of aliphatic hydroxyl groups excluding tert-OH is 1. The van der Waals surface area contributed by atoms with Crippen molar-refractivity contribution in [2.24, 2.45) is 0 Å². The molecule has 0 bridgehead atoms. The van der Waals surface area contributed by atoms with E-state index < -0.39 is 0 Å². The molecule has 2 heteroatoms. The van der Waals surface area contributed by atoms with Crippen LogP contribution in [-0.4, -0.2) is 17.2 Å². The molecule has 1 aromatic carbocycles. The molecule has 88 valence electrons. The van der Waals surface area contributed by atoms with E-state index in [9.17, 15) is 5.11 Å². The molecule has 0 aliphatic carbocycles. The molecule has 2 rings (SSSR count). The number of hydrogen-bond donors (Lipinski definition) is 1. The summed E-state index contributed by atoms with van der Waals surface area (Å²) in [6.45, 7) is 8.53. The molecule has 1 heterocycles. The van der Waals surface area contributed by atoms with Crippen LogP contribution in [0.25, 0.3) is 0 Å². The number of para-hydroxylation sites is 1. The minimum absolute atomic E-state index is 0.388. The average molecular weight is 219 g/mol. The number of fused-ring (bicyclic) bond motifs is 1. The summed E-state index contributed by atoms with van der Waals surface area (Å²) < 4.78 is 0. The number of aliphatic hydroxyl groups is 1. The smallest absolute Gasteiger partial charge is 0.0782 e. The van der Waals surface area contributed by atoms with Crippen LogP contribution in [0.5, 0.6) is 0 Å². The van der Waals surface area contributed by atoms with Gasteiger partial charge in [0.05, 0.1) is 6.10 Å². The molecule has 0 spiro atoms. The van der Waals surface area contributed by atoms with E-state index in [1.165, 1.54) is 11.3 Å². The van der Waals surface area contributed by atoms with Crippen molar-refractivity contribution in [3.8, 4) is 0 Å². The van der Waals surface area contributed by atoms with Gasteiger partial charge in [-0.2, -0.15) is 0 Å². The molecular formula is C14H21NO. The standard InChI is InChI=1S/C14H21NO/c1-9(2)15-10(3)8-12-6-5-7-13(11(4)16)14(12)15/h5-7,9-11,16H,8H2,1-4H3. The third-order valence-electron chi connectivity index (χ3n) is 3.41. The average Bonchev–Trinajstić information content (AvgIpc) is 2.52. The Morgan fingerprint density at radius 1 is 1.31 bits per heavy atom. The Bertz CT molecular complexity index is 384. The van der Waals surface area contributed by atoms with Crippen LogP contribution in [-0.2, 0) is 6.42 Å². The van der Waals surface area contributed by atoms with Crippen LogP contribution in [0.2, 0.25) is 0 Å². The van der Waals surface area contributed by atoms with E-state index >= 15 is 0 Å². The summed E-state index contributed by atoms with van der Waals surface area (Å²) >= 11 is 0. The van der Waals surface area contributed by atoms with E-state index in [0.717, 1.165) is 12.0 Å². The molecule has 1 aromatic rings. The zero-order chi connectivity index (χ0) is 11.9. The molecule has 0 saturated carbocycles. The minimum Gasteiger partial charge on any atom is -0.389 e. The lowest BCUT2D eigenvalue weighted by atomic mass is 10.0. The van der Waals surface area contributed by atoms with Crippen LogP contribution < -0.4 is 4.90 Å². The molecule has 2 unspecified atom stereocenters. The maximum Gasteiger partial charge on any atom is 0.0782 e. The maximum absolute atomic E-state index is 9.85. The van der Waals surface area contributed by atoms with E-state index in [4.69, 9.17) is 0 Å². The Morgan fingerprint density at radius 2 is 2.00 bits per heavy atom. The molecule has 0 fully saturated rings. The van der Waals surface area contributed by atoms with E-state index in [1.807, 2.05) is 13.0 Å². The van der Waals surface area contributed by atoms with E-state index in [1.54, 1.807) is 0 Å². The number of rotatable bonds is 2. The summed E-state index contributed by atoms with van der Waals surface area (Å²) in [7, 11) is 0. The summed E-state index contributed by atoms with van der Waals surface area (Å²) in [6.07, 6.45) is 0.704. The third kappa shape index (κ3) is 1.71. The lowest BCUT2D eigenvalue weighted by molar-refractivity contribution is 0.199. The van der Waals surface area contributed by atoms with Gasteiger partial charge >= 0.3 is 0 Å². The van der Waals surface area contributed by atoms with Crippen molar-refractivity contribution in [1.29, 1.82) is 0 Å². The summed E-state index contributed by atoms with van der Waals surface area (Å²) in [6, 6.07) is 7.29. The van der Waals surface area contributed by atoms with Gasteiger partial charge in [-0.05, 0) is 39.7 Å².